The highest BCUT2D eigenvalue weighted by Gasteiger charge is 2.54. The lowest BCUT2D eigenvalue weighted by molar-refractivity contribution is -0.138. The molecule has 0 aromatic carbocycles. The molecule has 2 nitrogen and oxygen atoms in total. The molecule has 0 spiro atoms. The number of hydrogen-bond acceptors (Lipinski definition) is 2. The SMILES string of the molecule is CC12CCCCC1C(C)(C#N)C(=O)CC2. The van der Waals surface area contributed by atoms with Gasteiger partial charge in [-0.2, -0.15) is 5.26 Å². The van der Waals surface area contributed by atoms with E-state index < -0.39 is 5.41 Å². The van der Waals surface area contributed by atoms with E-state index in [0.29, 0.717) is 12.3 Å². The molecule has 2 heteroatoms. The number of Topliss-reactive ketones (excluding diaryl/α,β-unsaturated/α-hetero) is 1. The van der Waals surface area contributed by atoms with Crippen LogP contribution in [-0.4, -0.2) is 5.78 Å². The van der Waals surface area contributed by atoms with E-state index >= 15 is 0 Å². The number of nitrogens with zero attached hydrogens (tertiary/aromatic N) is 1. The molecule has 0 aromatic heterocycles. The second-order valence-corrected chi connectivity index (χ2v) is 5.69. The van der Waals surface area contributed by atoms with Crippen molar-refractivity contribution in [2.75, 3.05) is 0 Å². The van der Waals surface area contributed by atoms with Gasteiger partial charge >= 0.3 is 0 Å². The van der Waals surface area contributed by atoms with E-state index in [1.807, 2.05) is 6.92 Å². The molecule has 0 bridgehead atoms. The number of carbonyl (C=O) groups is 1. The van der Waals surface area contributed by atoms with Gasteiger partial charge in [0, 0.05) is 6.42 Å². The van der Waals surface area contributed by atoms with Crippen molar-refractivity contribution in [3.8, 4) is 6.07 Å². The van der Waals surface area contributed by atoms with Crippen LogP contribution in [0.5, 0.6) is 0 Å². The van der Waals surface area contributed by atoms with Gasteiger partial charge in [-0.05, 0) is 37.5 Å². The van der Waals surface area contributed by atoms with Gasteiger partial charge in [0.2, 0.25) is 0 Å². The summed E-state index contributed by atoms with van der Waals surface area (Å²) in [5.74, 6) is 0.472. The van der Waals surface area contributed by atoms with Crippen LogP contribution in [0, 0.1) is 28.1 Å². The summed E-state index contributed by atoms with van der Waals surface area (Å²) < 4.78 is 0. The summed E-state index contributed by atoms with van der Waals surface area (Å²) in [7, 11) is 0. The molecule has 82 valence electrons. The zero-order valence-electron chi connectivity index (χ0n) is 9.68. The minimum absolute atomic E-state index is 0.175. The van der Waals surface area contributed by atoms with Crippen molar-refractivity contribution in [2.45, 2.75) is 52.4 Å². The fourth-order valence-corrected chi connectivity index (χ4v) is 3.68. The van der Waals surface area contributed by atoms with Crippen molar-refractivity contribution in [1.82, 2.24) is 0 Å². The van der Waals surface area contributed by atoms with Crippen LogP contribution in [0.2, 0.25) is 0 Å². The van der Waals surface area contributed by atoms with Gasteiger partial charge in [0.1, 0.15) is 5.41 Å². The molecule has 0 aromatic rings. The highest BCUT2D eigenvalue weighted by Crippen LogP contribution is 2.56. The first kappa shape index (κ1) is 10.7. The fraction of sp³-hybridized carbons (Fsp3) is 0.846. The summed E-state index contributed by atoms with van der Waals surface area (Å²) in [6.45, 7) is 4.14. The Morgan fingerprint density at radius 1 is 1.33 bits per heavy atom. The second-order valence-electron chi connectivity index (χ2n) is 5.69. The van der Waals surface area contributed by atoms with Crippen LogP contribution in [0.1, 0.15) is 52.4 Å². The lowest BCUT2D eigenvalue weighted by Gasteiger charge is -2.51. The van der Waals surface area contributed by atoms with Crippen LogP contribution < -0.4 is 0 Å². The fourth-order valence-electron chi connectivity index (χ4n) is 3.68. The van der Waals surface area contributed by atoms with E-state index in [1.54, 1.807) is 0 Å². The number of hydrogen-bond donors (Lipinski definition) is 0. The van der Waals surface area contributed by atoms with E-state index in [-0.39, 0.29) is 11.2 Å². The highest BCUT2D eigenvalue weighted by atomic mass is 16.1. The van der Waals surface area contributed by atoms with Crippen LogP contribution in [0.15, 0.2) is 0 Å². The summed E-state index contributed by atoms with van der Waals surface area (Å²) in [5, 5.41) is 9.30. The molecule has 0 N–H and O–H groups in total. The minimum atomic E-state index is -0.701. The van der Waals surface area contributed by atoms with Crippen molar-refractivity contribution < 1.29 is 4.79 Å². The first-order valence-corrected chi connectivity index (χ1v) is 5.97. The molecule has 2 aliphatic rings. The molecule has 0 heterocycles. The Bertz CT molecular complexity index is 330. The molecule has 0 aliphatic heterocycles. The number of carbonyl (C=O) groups excluding carboxylic acids is 1. The Hall–Kier alpha value is -0.840. The Labute approximate surface area is 91.7 Å². The molecule has 15 heavy (non-hydrogen) atoms. The molecule has 2 aliphatic carbocycles. The van der Waals surface area contributed by atoms with Gasteiger partial charge in [0.25, 0.3) is 0 Å². The Balaban J connectivity index is 2.38. The molecule has 0 radical (unpaired) electrons. The number of rotatable bonds is 0. The smallest absolute Gasteiger partial charge is 0.153 e. The summed E-state index contributed by atoms with van der Waals surface area (Å²) in [4.78, 5) is 11.9. The molecule has 2 saturated carbocycles. The van der Waals surface area contributed by atoms with E-state index in [4.69, 9.17) is 0 Å². The first-order chi connectivity index (χ1) is 7.03. The largest absolute Gasteiger partial charge is 0.298 e. The topological polar surface area (TPSA) is 40.9 Å². The van der Waals surface area contributed by atoms with Crippen molar-refractivity contribution >= 4 is 5.78 Å². The van der Waals surface area contributed by atoms with Crippen LogP contribution in [0.3, 0.4) is 0 Å². The van der Waals surface area contributed by atoms with E-state index in [1.165, 1.54) is 19.3 Å². The second kappa shape index (κ2) is 3.33. The van der Waals surface area contributed by atoms with Crippen molar-refractivity contribution in [2.24, 2.45) is 16.7 Å². The Morgan fingerprint density at radius 3 is 2.73 bits per heavy atom. The van der Waals surface area contributed by atoms with Crippen molar-refractivity contribution in [3.63, 3.8) is 0 Å². The van der Waals surface area contributed by atoms with Crippen LogP contribution >= 0.6 is 0 Å². The summed E-state index contributed by atoms with van der Waals surface area (Å²) >= 11 is 0. The Morgan fingerprint density at radius 2 is 2.07 bits per heavy atom. The van der Waals surface area contributed by atoms with Crippen molar-refractivity contribution in [3.05, 3.63) is 0 Å². The van der Waals surface area contributed by atoms with Gasteiger partial charge in [-0.3, -0.25) is 4.79 Å². The molecular weight excluding hydrogens is 186 g/mol. The minimum Gasteiger partial charge on any atom is -0.298 e. The first-order valence-electron chi connectivity index (χ1n) is 5.97. The Kier molecular flexibility index (Phi) is 2.37. The van der Waals surface area contributed by atoms with Crippen LogP contribution in [0.4, 0.5) is 0 Å². The lowest BCUT2D eigenvalue weighted by Crippen LogP contribution is -2.49. The molecule has 0 amide bonds. The van der Waals surface area contributed by atoms with Gasteiger partial charge in [-0.15, -0.1) is 0 Å². The summed E-state index contributed by atoms with van der Waals surface area (Å²) in [6.07, 6.45) is 6.31. The predicted molar refractivity (Wildman–Crippen MR) is 58.0 cm³/mol. The molecule has 3 atom stereocenters. The van der Waals surface area contributed by atoms with Gasteiger partial charge in [-0.25, -0.2) is 0 Å². The predicted octanol–water partition coefficient (Wildman–Crippen LogP) is 3.08. The number of nitriles is 1. The maximum absolute atomic E-state index is 11.9. The van der Waals surface area contributed by atoms with E-state index in [2.05, 4.69) is 13.0 Å². The molecule has 3 unspecified atom stereocenters. The van der Waals surface area contributed by atoms with Gasteiger partial charge in [0.05, 0.1) is 6.07 Å². The average molecular weight is 205 g/mol. The average Bonchev–Trinajstić information content (AvgIpc) is 2.24. The van der Waals surface area contributed by atoms with Crippen molar-refractivity contribution in [1.29, 1.82) is 5.26 Å². The molecular formula is C13H19NO. The van der Waals surface area contributed by atoms with E-state index in [0.717, 1.165) is 12.8 Å². The maximum Gasteiger partial charge on any atom is 0.153 e. The van der Waals surface area contributed by atoms with Gasteiger partial charge in [0.15, 0.2) is 5.78 Å². The molecule has 0 saturated heterocycles. The third kappa shape index (κ3) is 1.40. The summed E-state index contributed by atoms with van der Waals surface area (Å²) in [6, 6.07) is 2.30. The molecule has 2 rings (SSSR count). The van der Waals surface area contributed by atoms with Crippen LogP contribution in [0.25, 0.3) is 0 Å². The zero-order valence-corrected chi connectivity index (χ0v) is 9.68. The van der Waals surface area contributed by atoms with Gasteiger partial charge in [-0.1, -0.05) is 19.8 Å². The monoisotopic (exact) mass is 205 g/mol. The zero-order chi connectivity index (χ0) is 11.1. The standard InChI is InChI=1S/C13H19NO/c1-12-7-4-3-5-10(12)13(2,9-14)11(15)6-8-12/h10H,3-8H2,1-2H3. The van der Waals surface area contributed by atoms with E-state index in [9.17, 15) is 10.1 Å². The van der Waals surface area contributed by atoms with Crippen LogP contribution in [-0.2, 0) is 4.79 Å². The third-order valence-corrected chi connectivity index (χ3v) is 4.76. The maximum atomic E-state index is 11.9. The highest BCUT2D eigenvalue weighted by molar-refractivity contribution is 5.88. The number of fused-ring (bicyclic) bond motifs is 1. The van der Waals surface area contributed by atoms with Gasteiger partial charge < -0.3 is 0 Å². The normalized spacial score (nSPS) is 45.7. The lowest BCUT2D eigenvalue weighted by atomic mass is 9.51. The quantitative estimate of drug-likeness (QED) is 0.609. The molecule has 2 fully saturated rings. The third-order valence-electron chi connectivity index (χ3n) is 4.76. The summed E-state index contributed by atoms with van der Waals surface area (Å²) in [5.41, 5.74) is -0.454. The number of ketones is 1.